The highest BCUT2D eigenvalue weighted by molar-refractivity contribution is 9.11. The van der Waals surface area contributed by atoms with E-state index in [0.717, 1.165) is 8.00 Å². The molecule has 1 atom stereocenters. The summed E-state index contributed by atoms with van der Waals surface area (Å²) in [5.41, 5.74) is 5.59. The number of carboxylic acid groups (broad SMARTS) is 1. The summed E-state index contributed by atoms with van der Waals surface area (Å²) < 4.78 is 2.05. The zero-order chi connectivity index (χ0) is 9.84. The number of hydrogen-bond donors (Lipinski definition) is 2. The SMILES string of the molecule is NC(CC(=O)O)Sc1ccc(Br)s1. The molecule has 13 heavy (non-hydrogen) atoms. The number of aliphatic carboxylic acids is 1. The predicted octanol–water partition coefficient (Wildman–Crippen LogP) is 2.36. The average Bonchev–Trinajstić information content (AvgIpc) is 2.33. The van der Waals surface area contributed by atoms with Gasteiger partial charge in [0.05, 0.1) is 19.8 Å². The van der Waals surface area contributed by atoms with E-state index in [1.807, 2.05) is 12.1 Å². The lowest BCUT2D eigenvalue weighted by atomic mass is 10.4. The zero-order valence-corrected chi connectivity index (χ0v) is 9.79. The second-order valence-corrected chi connectivity index (χ2v) is 6.32. The highest BCUT2D eigenvalue weighted by Crippen LogP contribution is 2.32. The third-order valence-electron chi connectivity index (χ3n) is 1.19. The first-order valence-corrected chi connectivity index (χ1v) is 5.96. The fourth-order valence-corrected chi connectivity index (χ4v) is 3.67. The Kier molecular flexibility index (Phi) is 4.24. The van der Waals surface area contributed by atoms with Crippen molar-refractivity contribution >= 4 is 45.0 Å². The van der Waals surface area contributed by atoms with Gasteiger partial charge in [0.25, 0.3) is 0 Å². The maximum absolute atomic E-state index is 10.3. The first-order chi connectivity index (χ1) is 6.08. The van der Waals surface area contributed by atoms with E-state index in [1.54, 1.807) is 11.3 Å². The fraction of sp³-hybridized carbons (Fsp3) is 0.286. The minimum absolute atomic E-state index is 0.0137. The molecule has 1 aromatic rings. The molecule has 72 valence electrons. The first kappa shape index (κ1) is 11.0. The molecule has 0 aliphatic rings. The molecule has 1 heterocycles. The second-order valence-electron chi connectivity index (χ2n) is 2.31. The number of thiophene rings is 1. The van der Waals surface area contributed by atoms with Crippen LogP contribution in [0.2, 0.25) is 0 Å². The van der Waals surface area contributed by atoms with Crippen LogP contribution in [0.5, 0.6) is 0 Å². The summed E-state index contributed by atoms with van der Waals surface area (Å²) >= 11 is 6.25. The quantitative estimate of drug-likeness (QED) is 0.657. The molecule has 0 aromatic carbocycles. The van der Waals surface area contributed by atoms with Gasteiger partial charge in [0, 0.05) is 0 Å². The number of carboxylic acids is 1. The number of rotatable bonds is 4. The van der Waals surface area contributed by atoms with E-state index in [4.69, 9.17) is 10.8 Å². The summed E-state index contributed by atoms with van der Waals surface area (Å²) in [6.07, 6.45) is -0.0137. The van der Waals surface area contributed by atoms with Crippen molar-refractivity contribution in [2.24, 2.45) is 5.73 Å². The molecule has 0 saturated heterocycles. The normalized spacial score (nSPS) is 12.8. The highest BCUT2D eigenvalue weighted by Gasteiger charge is 2.10. The zero-order valence-electron chi connectivity index (χ0n) is 6.57. The molecule has 0 fully saturated rings. The highest BCUT2D eigenvalue weighted by atomic mass is 79.9. The smallest absolute Gasteiger partial charge is 0.305 e. The van der Waals surface area contributed by atoms with E-state index in [-0.39, 0.29) is 11.8 Å². The summed E-state index contributed by atoms with van der Waals surface area (Å²) in [5, 5.41) is 8.10. The van der Waals surface area contributed by atoms with Crippen molar-refractivity contribution in [1.29, 1.82) is 0 Å². The number of nitrogens with two attached hydrogens (primary N) is 1. The van der Waals surface area contributed by atoms with Crippen molar-refractivity contribution in [2.75, 3.05) is 0 Å². The van der Waals surface area contributed by atoms with Gasteiger partial charge in [-0.2, -0.15) is 0 Å². The summed E-state index contributed by atoms with van der Waals surface area (Å²) in [7, 11) is 0. The molecule has 0 amide bonds. The molecule has 0 aliphatic carbocycles. The van der Waals surface area contributed by atoms with E-state index in [9.17, 15) is 4.79 Å². The lowest BCUT2D eigenvalue weighted by Gasteiger charge is -2.05. The predicted molar refractivity (Wildman–Crippen MR) is 58.1 cm³/mol. The summed E-state index contributed by atoms with van der Waals surface area (Å²) in [4.78, 5) is 10.3. The standard InChI is InChI=1S/C7H8BrNO2S2/c8-4-1-2-7(12-4)13-5(9)3-6(10)11/h1-2,5H,3,9H2,(H,10,11). The Labute approximate surface area is 92.5 Å². The van der Waals surface area contributed by atoms with Gasteiger partial charge in [0.15, 0.2) is 0 Å². The van der Waals surface area contributed by atoms with Gasteiger partial charge in [-0.1, -0.05) is 11.8 Å². The van der Waals surface area contributed by atoms with Crippen LogP contribution in [0.4, 0.5) is 0 Å². The molecule has 1 aromatic heterocycles. The van der Waals surface area contributed by atoms with Crippen molar-refractivity contribution < 1.29 is 9.90 Å². The molecule has 3 N–H and O–H groups in total. The van der Waals surface area contributed by atoms with Gasteiger partial charge in [0.2, 0.25) is 0 Å². The number of hydrogen-bond acceptors (Lipinski definition) is 4. The van der Waals surface area contributed by atoms with E-state index < -0.39 is 5.97 Å². The number of thioether (sulfide) groups is 1. The average molecular weight is 282 g/mol. The van der Waals surface area contributed by atoms with Crippen LogP contribution in [-0.4, -0.2) is 16.4 Å². The van der Waals surface area contributed by atoms with Crippen LogP contribution < -0.4 is 5.73 Å². The van der Waals surface area contributed by atoms with Gasteiger partial charge in [-0.3, -0.25) is 4.79 Å². The lowest BCUT2D eigenvalue weighted by Crippen LogP contribution is -2.19. The molecule has 0 radical (unpaired) electrons. The van der Waals surface area contributed by atoms with Gasteiger partial charge in [0.1, 0.15) is 0 Å². The van der Waals surface area contributed by atoms with Gasteiger partial charge < -0.3 is 10.8 Å². The van der Waals surface area contributed by atoms with Crippen molar-refractivity contribution in [3.63, 3.8) is 0 Å². The van der Waals surface area contributed by atoms with Gasteiger partial charge in [-0.25, -0.2) is 0 Å². The number of halogens is 1. The Balaban J connectivity index is 2.44. The van der Waals surface area contributed by atoms with Gasteiger partial charge in [-0.05, 0) is 28.1 Å². The minimum Gasteiger partial charge on any atom is -0.481 e. The Hall–Kier alpha value is -0.0400. The molecular weight excluding hydrogens is 274 g/mol. The summed E-state index contributed by atoms with van der Waals surface area (Å²) in [6.45, 7) is 0. The first-order valence-electron chi connectivity index (χ1n) is 3.47. The van der Waals surface area contributed by atoms with Gasteiger partial charge >= 0.3 is 5.97 Å². The topological polar surface area (TPSA) is 63.3 Å². The van der Waals surface area contributed by atoms with E-state index >= 15 is 0 Å². The lowest BCUT2D eigenvalue weighted by molar-refractivity contribution is -0.136. The van der Waals surface area contributed by atoms with Crippen LogP contribution in [0.3, 0.4) is 0 Å². The van der Waals surface area contributed by atoms with Crippen LogP contribution in [0, 0.1) is 0 Å². The molecule has 1 unspecified atom stereocenters. The van der Waals surface area contributed by atoms with Crippen LogP contribution >= 0.6 is 39.0 Å². The molecule has 1 rings (SSSR count). The van der Waals surface area contributed by atoms with Crippen LogP contribution in [0.15, 0.2) is 20.1 Å². The van der Waals surface area contributed by atoms with Crippen LogP contribution in [0.25, 0.3) is 0 Å². The largest absolute Gasteiger partial charge is 0.481 e. The van der Waals surface area contributed by atoms with Crippen molar-refractivity contribution in [2.45, 2.75) is 16.0 Å². The van der Waals surface area contributed by atoms with Crippen molar-refractivity contribution in [3.05, 3.63) is 15.9 Å². The van der Waals surface area contributed by atoms with Crippen molar-refractivity contribution in [3.8, 4) is 0 Å². The van der Waals surface area contributed by atoms with E-state index in [1.165, 1.54) is 11.8 Å². The minimum atomic E-state index is -0.865. The molecule has 0 aliphatic heterocycles. The van der Waals surface area contributed by atoms with E-state index in [0.29, 0.717) is 0 Å². The Morgan fingerprint density at radius 1 is 1.77 bits per heavy atom. The van der Waals surface area contributed by atoms with Crippen LogP contribution in [-0.2, 0) is 4.79 Å². The maximum Gasteiger partial charge on any atom is 0.305 e. The number of carbonyl (C=O) groups is 1. The molecule has 0 spiro atoms. The molecule has 0 bridgehead atoms. The summed E-state index contributed by atoms with van der Waals surface area (Å²) in [5.74, 6) is -0.865. The van der Waals surface area contributed by atoms with Crippen molar-refractivity contribution in [1.82, 2.24) is 0 Å². The Bertz CT molecular complexity index is 302. The maximum atomic E-state index is 10.3. The van der Waals surface area contributed by atoms with Gasteiger partial charge in [-0.15, -0.1) is 11.3 Å². The third-order valence-corrected chi connectivity index (χ3v) is 3.99. The Morgan fingerprint density at radius 2 is 2.46 bits per heavy atom. The molecule has 0 saturated carbocycles. The third kappa shape index (κ3) is 4.12. The monoisotopic (exact) mass is 281 g/mol. The van der Waals surface area contributed by atoms with E-state index in [2.05, 4.69) is 15.9 Å². The fourth-order valence-electron chi connectivity index (χ4n) is 0.724. The second kappa shape index (κ2) is 4.99. The molecule has 3 nitrogen and oxygen atoms in total. The molecular formula is C7H8BrNO2S2. The Morgan fingerprint density at radius 3 is 2.92 bits per heavy atom. The molecule has 6 heteroatoms. The summed E-state index contributed by atoms with van der Waals surface area (Å²) in [6, 6.07) is 3.83. The van der Waals surface area contributed by atoms with Crippen LogP contribution in [0.1, 0.15) is 6.42 Å².